The van der Waals surface area contributed by atoms with Gasteiger partial charge in [-0.05, 0) is 31.8 Å². The van der Waals surface area contributed by atoms with E-state index in [1.807, 2.05) is 0 Å². The summed E-state index contributed by atoms with van der Waals surface area (Å²) in [5.41, 5.74) is 6.07. The molecule has 4 aliphatic rings. The van der Waals surface area contributed by atoms with Crippen LogP contribution in [0, 0.1) is 5.92 Å². The first kappa shape index (κ1) is 15.1. The highest BCUT2D eigenvalue weighted by atomic mass is 32.2. The van der Waals surface area contributed by atoms with Crippen molar-refractivity contribution in [3.8, 4) is 0 Å². The van der Waals surface area contributed by atoms with Crippen molar-refractivity contribution in [2.45, 2.75) is 23.8 Å². The summed E-state index contributed by atoms with van der Waals surface area (Å²) < 4.78 is 24.4. The predicted molar refractivity (Wildman–Crippen MR) is 83.6 cm³/mol. The lowest BCUT2D eigenvalue weighted by atomic mass is 9.71. The number of nitrogens with zero attached hydrogens (tertiary/aromatic N) is 2. The van der Waals surface area contributed by atoms with E-state index in [1.165, 1.54) is 6.26 Å². The van der Waals surface area contributed by atoms with Crippen LogP contribution in [-0.2, 0) is 9.84 Å². The molecule has 4 rings (SSSR count). The van der Waals surface area contributed by atoms with Crippen molar-refractivity contribution in [1.29, 1.82) is 0 Å². The minimum atomic E-state index is -3.06. The van der Waals surface area contributed by atoms with E-state index >= 15 is 0 Å². The summed E-state index contributed by atoms with van der Waals surface area (Å²) in [6, 6.07) is 0. The molecule has 4 saturated heterocycles. The largest absolute Gasteiger partial charge is 0.329 e. The number of fused-ring (bicyclic) bond motifs is 3. The highest BCUT2D eigenvalue weighted by molar-refractivity contribution is 8.00. The van der Waals surface area contributed by atoms with Crippen LogP contribution in [0.5, 0.6) is 0 Å². The number of thioether (sulfide) groups is 1. The molecule has 4 aliphatic heterocycles. The van der Waals surface area contributed by atoms with Crippen LogP contribution < -0.4 is 5.73 Å². The van der Waals surface area contributed by atoms with Gasteiger partial charge in [0, 0.05) is 42.9 Å². The van der Waals surface area contributed by atoms with Gasteiger partial charge in [0.2, 0.25) is 0 Å². The zero-order chi connectivity index (χ0) is 14.4. The number of nitrogens with two attached hydrogens (primary N) is 1. The fourth-order valence-corrected chi connectivity index (χ4v) is 7.19. The molecule has 2 unspecified atom stereocenters. The molecule has 2 atom stereocenters. The zero-order valence-corrected chi connectivity index (χ0v) is 13.8. The van der Waals surface area contributed by atoms with Crippen LogP contribution in [0.1, 0.15) is 12.8 Å². The topological polar surface area (TPSA) is 66.6 Å². The molecular weight excluding hydrogens is 294 g/mol. The minimum absolute atomic E-state index is 0.120. The summed E-state index contributed by atoms with van der Waals surface area (Å²) in [5.74, 6) is 2.26. The van der Waals surface area contributed by atoms with Crippen LogP contribution >= 0.6 is 11.8 Å². The molecule has 0 spiro atoms. The molecule has 0 aromatic carbocycles. The number of piperidine rings is 3. The van der Waals surface area contributed by atoms with Crippen LogP contribution in [0.3, 0.4) is 0 Å². The van der Waals surface area contributed by atoms with Gasteiger partial charge < -0.3 is 10.6 Å². The lowest BCUT2D eigenvalue weighted by Gasteiger charge is -2.59. The third kappa shape index (κ3) is 2.41. The van der Waals surface area contributed by atoms with Crippen LogP contribution in [0.4, 0.5) is 0 Å². The van der Waals surface area contributed by atoms with Gasteiger partial charge in [0.05, 0.1) is 0 Å². The van der Waals surface area contributed by atoms with E-state index < -0.39 is 9.84 Å². The average molecular weight is 319 g/mol. The SMILES string of the molecule is CS(=O)(=O)C1CSCCN1C1(CN)CN2CCC1CC2. The third-order valence-electron chi connectivity index (χ3n) is 5.35. The molecule has 0 radical (unpaired) electrons. The fourth-order valence-electron chi connectivity index (χ4n) is 4.26. The van der Waals surface area contributed by atoms with Gasteiger partial charge in [-0.15, -0.1) is 0 Å². The van der Waals surface area contributed by atoms with Crippen molar-refractivity contribution in [2.24, 2.45) is 11.7 Å². The van der Waals surface area contributed by atoms with Crippen molar-refractivity contribution in [3.63, 3.8) is 0 Å². The summed E-state index contributed by atoms with van der Waals surface area (Å²) in [6.07, 6.45) is 3.71. The van der Waals surface area contributed by atoms with Gasteiger partial charge in [-0.2, -0.15) is 11.8 Å². The molecule has 4 fully saturated rings. The molecule has 2 N–H and O–H groups in total. The molecule has 2 bridgehead atoms. The molecule has 0 saturated carbocycles. The van der Waals surface area contributed by atoms with E-state index in [2.05, 4.69) is 9.80 Å². The quantitative estimate of drug-likeness (QED) is 0.779. The Hall–Kier alpha value is 0.180. The Morgan fingerprint density at radius 2 is 2.00 bits per heavy atom. The van der Waals surface area contributed by atoms with Crippen molar-refractivity contribution in [2.75, 3.05) is 50.5 Å². The summed E-state index contributed by atoms with van der Waals surface area (Å²) in [6.45, 7) is 4.68. The molecule has 0 aliphatic carbocycles. The van der Waals surface area contributed by atoms with Crippen molar-refractivity contribution < 1.29 is 8.42 Å². The van der Waals surface area contributed by atoms with E-state index in [0.717, 1.165) is 44.8 Å². The smallest absolute Gasteiger partial charge is 0.164 e. The highest BCUT2D eigenvalue weighted by Gasteiger charge is 2.53. The van der Waals surface area contributed by atoms with Crippen molar-refractivity contribution in [3.05, 3.63) is 0 Å². The standard InChI is InChI=1S/C13H25N3O2S2/c1-20(17,18)12-8-19-7-6-16(12)13(9-14)10-15-4-2-11(13)3-5-15/h11-12H,2-10,14H2,1H3. The Morgan fingerprint density at radius 1 is 1.30 bits per heavy atom. The molecule has 0 amide bonds. The lowest BCUT2D eigenvalue weighted by Crippen LogP contribution is -2.73. The van der Waals surface area contributed by atoms with Gasteiger partial charge in [-0.1, -0.05) is 0 Å². The first-order valence-electron chi connectivity index (χ1n) is 7.43. The Bertz CT molecular complexity index is 462. The Labute approximate surface area is 126 Å². The van der Waals surface area contributed by atoms with Crippen molar-refractivity contribution >= 4 is 21.6 Å². The molecular formula is C13H25N3O2S2. The maximum Gasteiger partial charge on any atom is 0.164 e. The lowest BCUT2D eigenvalue weighted by molar-refractivity contribution is -0.0693. The molecule has 116 valence electrons. The van der Waals surface area contributed by atoms with Gasteiger partial charge in [-0.25, -0.2) is 8.42 Å². The number of hydrogen-bond donors (Lipinski definition) is 1. The summed E-state index contributed by atoms with van der Waals surface area (Å²) in [4.78, 5) is 4.72. The molecule has 20 heavy (non-hydrogen) atoms. The van der Waals surface area contributed by atoms with Gasteiger partial charge in [0.15, 0.2) is 9.84 Å². The van der Waals surface area contributed by atoms with Gasteiger partial charge in [0.25, 0.3) is 0 Å². The zero-order valence-electron chi connectivity index (χ0n) is 12.1. The van der Waals surface area contributed by atoms with Gasteiger partial charge >= 0.3 is 0 Å². The Morgan fingerprint density at radius 3 is 2.50 bits per heavy atom. The Kier molecular flexibility index (Phi) is 4.09. The molecule has 0 aromatic rings. The van der Waals surface area contributed by atoms with Crippen LogP contribution in [0.15, 0.2) is 0 Å². The normalized spacial score (nSPS) is 42.8. The Balaban J connectivity index is 1.94. The number of rotatable bonds is 3. The maximum atomic E-state index is 12.2. The van der Waals surface area contributed by atoms with E-state index in [9.17, 15) is 8.42 Å². The van der Waals surface area contributed by atoms with Crippen LogP contribution in [-0.4, -0.2) is 79.6 Å². The second-order valence-corrected chi connectivity index (χ2v) is 9.76. The molecule has 7 heteroatoms. The second kappa shape index (κ2) is 5.43. The molecule has 5 nitrogen and oxygen atoms in total. The predicted octanol–water partition coefficient (Wildman–Crippen LogP) is -0.171. The van der Waals surface area contributed by atoms with E-state index in [1.54, 1.807) is 11.8 Å². The van der Waals surface area contributed by atoms with Gasteiger partial charge in [-0.3, -0.25) is 4.90 Å². The van der Waals surface area contributed by atoms with Crippen molar-refractivity contribution in [1.82, 2.24) is 9.80 Å². The van der Waals surface area contributed by atoms with Crippen LogP contribution in [0.25, 0.3) is 0 Å². The molecule has 0 aromatic heterocycles. The monoisotopic (exact) mass is 319 g/mol. The summed E-state index contributed by atoms with van der Waals surface area (Å²) in [5, 5.41) is -0.356. The fraction of sp³-hybridized carbons (Fsp3) is 1.00. The summed E-state index contributed by atoms with van der Waals surface area (Å²) in [7, 11) is -3.06. The van der Waals surface area contributed by atoms with E-state index in [4.69, 9.17) is 5.73 Å². The second-order valence-electron chi connectivity index (χ2n) is 6.41. The third-order valence-corrected chi connectivity index (χ3v) is 7.99. The number of sulfone groups is 1. The van der Waals surface area contributed by atoms with Crippen LogP contribution in [0.2, 0.25) is 0 Å². The van der Waals surface area contributed by atoms with E-state index in [0.29, 0.717) is 18.2 Å². The van der Waals surface area contributed by atoms with E-state index in [-0.39, 0.29) is 10.9 Å². The number of hydrogen-bond acceptors (Lipinski definition) is 6. The molecule has 4 heterocycles. The average Bonchev–Trinajstić information content (AvgIpc) is 2.47. The first-order chi connectivity index (χ1) is 9.47. The first-order valence-corrected chi connectivity index (χ1v) is 10.5. The van der Waals surface area contributed by atoms with Gasteiger partial charge in [0.1, 0.15) is 5.37 Å². The maximum absolute atomic E-state index is 12.2. The summed E-state index contributed by atoms with van der Waals surface area (Å²) >= 11 is 1.75. The highest BCUT2D eigenvalue weighted by Crippen LogP contribution is 2.42. The minimum Gasteiger partial charge on any atom is -0.329 e.